The van der Waals surface area contributed by atoms with Crippen LogP contribution in [0.5, 0.6) is 5.75 Å². The minimum atomic E-state index is 0.515. The fourth-order valence-corrected chi connectivity index (χ4v) is 2.67. The number of ether oxygens (including phenoxy) is 1. The molecule has 0 fully saturated rings. The van der Waals surface area contributed by atoms with Gasteiger partial charge in [-0.1, -0.05) is 27.5 Å². The second kappa shape index (κ2) is 5.87. The zero-order valence-corrected chi connectivity index (χ0v) is 12.1. The van der Waals surface area contributed by atoms with Crippen LogP contribution in [0.3, 0.4) is 0 Å². The molecule has 0 unspecified atom stereocenters. The number of thiophene rings is 1. The lowest BCUT2D eigenvalue weighted by atomic mass is 10.3. The second-order valence-corrected chi connectivity index (χ2v) is 6.01. The lowest BCUT2D eigenvalue weighted by Crippen LogP contribution is -1.94. The Morgan fingerprint density at radius 3 is 2.71 bits per heavy atom. The van der Waals surface area contributed by atoms with Crippen LogP contribution in [-0.4, -0.2) is 0 Å². The molecule has 0 atom stereocenters. The molecule has 2 aromatic rings. The van der Waals surface area contributed by atoms with Crippen LogP contribution in [0, 0.1) is 0 Å². The van der Waals surface area contributed by atoms with Crippen molar-refractivity contribution in [3.8, 4) is 5.75 Å². The molecule has 0 aliphatic heterocycles. The van der Waals surface area contributed by atoms with Crippen LogP contribution >= 0.6 is 38.9 Å². The zero-order chi connectivity index (χ0) is 12.3. The van der Waals surface area contributed by atoms with Crippen molar-refractivity contribution in [2.75, 3.05) is 0 Å². The Morgan fingerprint density at radius 1 is 1.24 bits per heavy atom. The van der Waals surface area contributed by atoms with E-state index in [0.29, 0.717) is 23.9 Å². The first-order valence-electron chi connectivity index (χ1n) is 5.04. The summed E-state index contributed by atoms with van der Waals surface area (Å²) in [6.45, 7) is 1.09. The smallest absolute Gasteiger partial charge is 0.139 e. The Morgan fingerprint density at radius 2 is 2.00 bits per heavy atom. The molecule has 1 aromatic heterocycles. The van der Waals surface area contributed by atoms with E-state index in [1.54, 1.807) is 17.4 Å². The molecule has 0 aliphatic carbocycles. The van der Waals surface area contributed by atoms with Crippen molar-refractivity contribution in [3.05, 3.63) is 49.6 Å². The third kappa shape index (κ3) is 3.45. The van der Waals surface area contributed by atoms with Crippen molar-refractivity contribution >= 4 is 38.9 Å². The average Bonchev–Trinajstić information content (AvgIpc) is 2.78. The average molecular weight is 333 g/mol. The van der Waals surface area contributed by atoms with Gasteiger partial charge in [-0.05, 0) is 30.3 Å². The van der Waals surface area contributed by atoms with Crippen molar-refractivity contribution in [2.24, 2.45) is 5.73 Å². The summed E-state index contributed by atoms with van der Waals surface area (Å²) in [5.74, 6) is 0.684. The normalized spacial score (nSPS) is 10.5. The summed E-state index contributed by atoms with van der Waals surface area (Å²) in [6, 6.07) is 9.60. The Bertz CT molecular complexity index is 515. The first kappa shape index (κ1) is 12.9. The molecule has 0 saturated heterocycles. The van der Waals surface area contributed by atoms with Crippen LogP contribution in [-0.2, 0) is 13.2 Å². The molecular formula is C12H11BrClNOS. The van der Waals surface area contributed by atoms with Gasteiger partial charge in [-0.2, -0.15) is 0 Å². The molecule has 0 aliphatic rings. The van der Waals surface area contributed by atoms with Crippen LogP contribution in [0.15, 0.2) is 34.8 Å². The largest absolute Gasteiger partial charge is 0.486 e. The van der Waals surface area contributed by atoms with Gasteiger partial charge in [0, 0.05) is 20.8 Å². The lowest BCUT2D eigenvalue weighted by molar-refractivity contribution is 0.310. The monoisotopic (exact) mass is 331 g/mol. The van der Waals surface area contributed by atoms with Gasteiger partial charge < -0.3 is 10.5 Å². The van der Waals surface area contributed by atoms with Crippen molar-refractivity contribution in [1.29, 1.82) is 0 Å². The Kier molecular flexibility index (Phi) is 4.45. The highest BCUT2D eigenvalue weighted by molar-refractivity contribution is 9.10. The summed E-state index contributed by atoms with van der Waals surface area (Å²) >= 11 is 11.1. The van der Waals surface area contributed by atoms with Gasteiger partial charge in [-0.15, -0.1) is 11.3 Å². The first-order chi connectivity index (χ1) is 8.19. The molecular weight excluding hydrogens is 322 g/mol. The molecule has 0 radical (unpaired) electrons. The number of benzene rings is 1. The van der Waals surface area contributed by atoms with Crippen LogP contribution in [0.4, 0.5) is 0 Å². The van der Waals surface area contributed by atoms with E-state index in [-0.39, 0.29) is 0 Å². The molecule has 5 heteroatoms. The summed E-state index contributed by atoms with van der Waals surface area (Å²) in [5.41, 5.74) is 5.56. The van der Waals surface area contributed by atoms with Crippen molar-refractivity contribution in [2.45, 2.75) is 13.2 Å². The molecule has 17 heavy (non-hydrogen) atoms. The number of nitrogens with two attached hydrogens (primary N) is 1. The van der Waals surface area contributed by atoms with Crippen molar-refractivity contribution in [3.63, 3.8) is 0 Å². The predicted octanol–water partition coefficient (Wildman–Crippen LogP) is 4.20. The minimum Gasteiger partial charge on any atom is -0.486 e. The molecule has 2 rings (SSSR count). The van der Waals surface area contributed by atoms with E-state index in [1.807, 2.05) is 24.3 Å². The van der Waals surface area contributed by atoms with Crippen molar-refractivity contribution in [1.82, 2.24) is 0 Å². The van der Waals surface area contributed by atoms with Gasteiger partial charge in [0.15, 0.2) is 0 Å². The fraction of sp³-hybridized carbons (Fsp3) is 0.167. The number of halogens is 2. The van der Waals surface area contributed by atoms with Crippen molar-refractivity contribution < 1.29 is 4.74 Å². The van der Waals surface area contributed by atoms with Gasteiger partial charge in [0.05, 0.1) is 5.02 Å². The predicted molar refractivity (Wildman–Crippen MR) is 75.7 cm³/mol. The topological polar surface area (TPSA) is 35.2 Å². The van der Waals surface area contributed by atoms with E-state index in [1.165, 1.54) is 0 Å². The summed E-state index contributed by atoms with van der Waals surface area (Å²) in [7, 11) is 0. The van der Waals surface area contributed by atoms with Crippen LogP contribution in [0.25, 0.3) is 0 Å². The van der Waals surface area contributed by atoms with E-state index >= 15 is 0 Å². The SMILES string of the molecule is NCc1ccc(COc2cc(Br)ccc2Cl)s1. The van der Waals surface area contributed by atoms with Crippen LogP contribution in [0.2, 0.25) is 5.02 Å². The summed E-state index contributed by atoms with van der Waals surface area (Å²) in [6.07, 6.45) is 0. The summed E-state index contributed by atoms with van der Waals surface area (Å²) < 4.78 is 6.62. The molecule has 90 valence electrons. The molecule has 0 saturated carbocycles. The van der Waals surface area contributed by atoms with E-state index in [0.717, 1.165) is 14.2 Å². The van der Waals surface area contributed by atoms with Gasteiger partial charge >= 0.3 is 0 Å². The molecule has 0 spiro atoms. The summed E-state index contributed by atoms with van der Waals surface area (Å²) in [4.78, 5) is 2.30. The standard InChI is InChI=1S/C12H11BrClNOS/c13-8-1-4-11(14)12(5-8)16-7-10-3-2-9(6-15)17-10/h1-5H,6-7,15H2. The first-order valence-corrected chi connectivity index (χ1v) is 7.03. The molecule has 2 N–H and O–H groups in total. The Hall–Kier alpha value is -0.550. The highest BCUT2D eigenvalue weighted by atomic mass is 79.9. The van der Waals surface area contributed by atoms with Crippen LogP contribution in [0.1, 0.15) is 9.75 Å². The zero-order valence-electron chi connectivity index (χ0n) is 8.95. The fourth-order valence-electron chi connectivity index (χ4n) is 1.35. The molecule has 2 nitrogen and oxygen atoms in total. The number of hydrogen-bond donors (Lipinski definition) is 1. The van der Waals surface area contributed by atoms with Gasteiger partial charge in [-0.3, -0.25) is 0 Å². The van der Waals surface area contributed by atoms with Gasteiger partial charge in [0.2, 0.25) is 0 Å². The van der Waals surface area contributed by atoms with Gasteiger partial charge in [0.25, 0.3) is 0 Å². The Labute approximate surface area is 117 Å². The van der Waals surface area contributed by atoms with E-state index < -0.39 is 0 Å². The van der Waals surface area contributed by atoms with E-state index in [4.69, 9.17) is 22.1 Å². The van der Waals surface area contributed by atoms with E-state index in [9.17, 15) is 0 Å². The maximum absolute atomic E-state index is 6.03. The van der Waals surface area contributed by atoms with Gasteiger partial charge in [0.1, 0.15) is 12.4 Å². The molecule has 0 amide bonds. The van der Waals surface area contributed by atoms with Crippen LogP contribution < -0.4 is 10.5 Å². The lowest BCUT2D eigenvalue weighted by Gasteiger charge is -2.06. The molecule has 1 aromatic carbocycles. The molecule has 0 bridgehead atoms. The third-order valence-electron chi connectivity index (χ3n) is 2.18. The summed E-state index contributed by atoms with van der Waals surface area (Å²) in [5, 5.41) is 0.615. The molecule has 1 heterocycles. The Balaban J connectivity index is 2.04. The van der Waals surface area contributed by atoms with Gasteiger partial charge in [-0.25, -0.2) is 0 Å². The van der Waals surface area contributed by atoms with E-state index in [2.05, 4.69) is 15.9 Å². The maximum atomic E-state index is 6.03. The maximum Gasteiger partial charge on any atom is 0.139 e. The minimum absolute atomic E-state index is 0.515. The number of hydrogen-bond acceptors (Lipinski definition) is 3. The third-order valence-corrected chi connectivity index (χ3v) is 4.07. The highest BCUT2D eigenvalue weighted by Gasteiger charge is 2.04. The highest BCUT2D eigenvalue weighted by Crippen LogP contribution is 2.29. The number of rotatable bonds is 4. The second-order valence-electron chi connectivity index (χ2n) is 3.44. The quantitative estimate of drug-likeness (QED) is 0.910.